The minimum absolute atomic E-state index is 0.464. The van der Waals surface area contributed by atoms with Crippen molar-refractivity contribution >= 4 is 11.3 Å². The van der Waals surface area contributed by atoms with Gasteiger partial charge in [0.25, 0.3) is 0 Å². The number of nitrogens with zero attached hydrogens (tertiary/aromatic N) is 2. The van der Waals surface area contributed by atoms with E-state index in [4.69, 9.17) is 10.7 Å². The van der Waals surface area contributed by atoms with Crippen LogP contribution in [0, 0.1) is 0 Å². The summed E-state index contributed by atoms with van der Waals surface area (Å²) in [5.41, 5.74) is 8.23. The second kappa shape index (κ2) is 4.55. The molecule has 2 heterocycles. The van der Waals surface area contributed by atoms with Crippen LogP contribution in [0.3, 0.4) is 0 Å². The Labute approximate surface area is 105 Å². The minimum atomic E-state index is 0.464. The number of pyridine rings is 1. The van der Waals surface area contributed by atoms with Gasteiger partial charge in [-0.1, -0.05) is 0 Å². The van der Waals surface area contributed by atoms with E-state index >= 15 is 0 Å². The van der Waals surface area contributed by atoms with Gasteiger partial charge in [0, 0.05) is 35.3 Å². The van der Waals surface area contributed by atoms with E-state index in [1.807, 2.05) is 35.9 Å². The molecule has 0 saturated carbocycles. The Bertz CT molecular complexity index is 507. The van der Waals surface area contributed by atoms with Crippen LogP contribution in [0.1, 0.15) is 29.3 Å². The number of aromatic nitrogens is 2. The molecule has 0 radical (unpaired) electrons. The second-order valence-electron chi connectivity index (χ2n) is 4.39. The first-order valence-corrected chi connectivity index (χ1v) is 6.80. The maximum atomic E-state index is 5.82. The molecule has 1 unspecified atom stereocenters. The summed E-state index contributed by atoms with van der Waals surface area (Å²) in [7, 11) is 0. The molecular weight excluding hydrogens is 230 g/mol. The summed E-state index contributed by atoms with van der Waals surface area (Å²) in [6, 6.07) is 4.03. The van der Waals surface area contributed by atoms with Gasteiger partial charge in [-0.25, -0.2) is 4.98 Å². The highest BCUT2D eigenvalue weighted by molar-refractivity contribution is 7.15. The van der Waals surface area contributed by atoms with E-state index in [9.17, 15) is 0 Å². The molecule has 2 aromatic rings. The molecular formula is C13H15N3S. The van der Waals surface area contributed by atoms with Gasteiger partial charge < -0.3 is 5.73 Å². The van der Waals surface area contributed by atoms with E-state index in [0.717, 1.165) is 17.0 Å². The van der Waals surface area contributed by atoms with Crippen LogP contribution in [0.5, 0.6) is 0 Å². The van der Waals surface area contributed by atoms with Crippen LogP contribution in [0.2, 0.25) is 0 Å². The molecule has 1 aliphatic rings. The van der Waals surface area contributed by atoms with E-state index in [1.54, 1.807) is 0 Å². The molecule has 0 amide bonds. The largest absolute Gasteiger partial charge is 0.330 e. The summed E-state index contributed by atoms with van der Waals surface area (Å²) in [5, 5.41) is 1.11. The molecule has 0 bridgehead atoms. The lowest BCUT2D eigenvalue weighted by molar-refractivity contribution is 0.554. The summed E-state index contributed by atoms with van der Waals surface area (Å²) in [5.74, 6) is 0.464. The Hall–Kier alpha value is -1.26. The summed E-state index contributed by atoms with van der Waals surface area (Å²) in [4.78, 5) is 10.3. The number of fused-ring (bicyclic) bond motifs is 1. The van der Waals surface area contributed by atoms with Crippen LogP contribution < -0.4 is 5.73 Å². The van der Waals surface area contributed by atoms with E-state index < -0.39 is 0 Å². The van der Waals surface area contributed by atoms with Crippen molar-refractivity contribution in [1.29, 1.82) is 0 Å². The van der Waals surface area contributed by atoms with Crippen molar-refractivity contribution in [2.24, 2.45) is 5.73 Å². The lowest BCUT2D eigenvalue weighted by atomic mass is 9.91. The molecule has 2 aromatic heterocycles. The molecule has 2 N–H and O–H groups in total. The lowest BCUT2D eigenvalue weighted by Crippen LogP contribution is -2.17. The van der Waals surface area contributed by atoms with Crippen molar-refractivity contribution in [2.75, 3.05) is 6.54 Å². The first-order valence-electron chi connectivity index (χ1n) is 5.98. The third-order valence-electron chi connectivity index (χ3n) is 3.28. The molecule has 1 aliphatic carbocycles. The normalized spacial score (nSPS) is 19.0. The van der Waals surface area contributed by atoms with Crippen molar-refractivity contribution in [3.8, 4) is 10.6 Å². The molecule has 3 nitrogen and oxygen atoms in total. The van der Waals surface area contributed by atoms with Gasteiger partial charge >= 0.3 is 0 Å². The highest BCUT2D eigenvalue weighted by atomic mass is 32.1. The van der Waals surface area contributed by atoms with Crippen molar-refractivity contribution in [3.05, 3.63) is 35.1 Å². The van der Waals surface area contributed by atoms with Crippen LogP contribution >= 0.6 is 11.3 Å². The van der Waals surface area contributed by atoms with Gasteiger partial charge in [0.1, 0.15) is 5.01 Å². The Balaban J connectivity index is 2.02. The van der Waals surface area contributed by atoms with E-state index in [-0.39, 0.29) is 0 Å². The van der Waals surface area contributed by atoms with Crippen molar-refractivity contribution in [1.82, 2.24) is 9.97 Å². The monoisotopic (exact) mass is 245 g/mol. The molecule has 4 heteroatoms. The van der Waals surface area contributed by atoms with Gasteiger partial charge in [-0.2, -0.15) is 0 Å². The van der Waals surface area contributed by atoms with E-state index in [0.29, 0.717) is 12.5 Å². The van der Waals surface area contributed by atoms with Gasteiger partial charge in [-0.05, 0) is 31.4 Å². The van der Waals surface area contributed by atoms with E-state index in [1.165, 1.54) is 23.4 Å². The Morgan fingerprint density at radius 2 is 2.18 bits per heavy atom. The van der Waals surface area contributed by atoms with Crippen LogP contribution in [0.25, 0.3) is 10.6 Å². The quantitative estimate of drug-likeness (QED) is 0.884. The van der Waals surface area contributed by atoms with Gasteiger partial charge in [-0.15, -0.1) is 11.3 Å². The summed E-state index contributed by atoms with van der Waals surface area (Å²) < 4.78 is 0. The zero-order valence-corrected chi connectivity index (χ0v) is 10.4. The fraction of sp³-hybridized carbons (Fsp3) is 0.385. The summed E-state index contributed by atoms with van der Waals surface area (Å²) in [6.45, 7) is 0.715. The molecule has 88 valence electrons. The van der Waals surface area contributed by atoms with Crippen LogP contribution in [0.15, 0.2) is 24.5 Å². The third kappa shape index (κ3) is 1.98. The Morgan fingerprint density at radius 1 is 1.35 bits per heavy atom. The molecule has 0 aliphatic heterocycles. The molecule has 0 saturated heterocycles. The first kappa shape index (κ1) is 10.9. The smallest absolute Gasteiger partial charge is 0.123 e. The van der Waals surface area contributed by atoms with Crippen molar-refractivity contribution in [3.63, 3.8) is 0 Å². The minimum Gasteiger partial charge on any atom is -0.330 e. The molecule has 0 spiro atoms. The topological polar surface area (TPSA) is 51.8 Å². The maximum Gasteiger partial charge on any atom is 0.123 e. The predicted molar refractivity (Wildman–Crippen MR) is 70.1 cm³/mol. The molecule has 17 heavy (non-hydrogen) atoms. The molecule has 3 rings (SSSR count). The number of hydrogen-bond donors (Lipinski definition) is 1. The highest BCUT2D eigenvalue weighted by Crippen LogP contribution is 2.37. The van der Waals surface area contributed by atoms with Gasteiger partial charge in [0.2, 0.25) is 0 Å². The third-order valence-corrected chi connectivity index (χ3v) is 4.46. The second-order valence-corrected chi connectivity index (χ2v) is 5.47. The predicted octanol–water partition coefficient (Wildman–Crippen LogP) is 2.58. The molecule has 0 aromatic carbocycles. The zero-order valence-electron chi connectivity index (χ0n) is 9.60. The number of aryl methyl sites for hydroxylation is 1. The van der Waals surface area contributed by atoms with Gasteiger partial charge in [0.15, 0.2) is 0 Å². The summed E-state index contributed by atoms with van der Waals surface area (Å²) >= 11 is 1.81. The number of rotatable bonds is 2. The average Bonchev–Trinajstić information content (AvgIpc) is 2.83. The Kier molecular flexibility index (Phi) is 2.91. The molecule has 1 atom stereocenters. The van der Waals surface area contributed by atoms with Crippen molar-refractivity contribution in [2.45, 2.75) is 25.2 Å². The molecule has 0 fully saturated rings. The van der Waals surface area contributed by atoms with Gasteiger partial charge in [0.05, 0.1) is 5.69 Å². The number of nitrogens with two attached hydrogens (primary N) is 1. The number of thiazole rings is 1. The SMILES string of the molecule is NCC1CCCc2sc(-c3ccncc3)nc21. The maximum absolute atomic E-state index is 5.82. The fourth-order valence-corrected chi connectivity index (χ4v) is 3.55. The van der Waals surface area contributed by atoms with Crippen LogP contribution in [-0.4, -0.2) is 16.5 Å². The summed E-state index contributed by atoms with van der Waals surface area (Å²) in [6.07, 6.45) is 7.22. The number of hydrogen-bond acceptors (Lipinski definition) is 4. The average molecular weight is 245 g/mol. The van der Waals surface area contributed by atoms with Crippen LogP contribution in [0.4, 0.5) is 0 Å². The first-order chi connectivity index (χ1) is 8.38. The fourth-order valence-electron chi connectivity index (χ4n) is 2.35. The standard InChI is InChI=1S/C13H15N3S/c14-8-10-2-1-3-11-12(10)16-13(17-11)9-4-6-15-7-5-9/h4-7,10H,1-3,8,14H2. The van der Waals surface area contributed by atoms with Crippen molar-refractivity contribution < 1.29 is 0 Å². The van der Waals surface area contributed by atoms with Crippen LogP contribution in [-0.2, 0) is 6.42 Å². The van der Waals surface area contributed by atoms with E-state index in [2.05, 4.69) is 4.98 Å². The lowest BCUT2D eigenvalue weighted by Gasteiger charge is -2.18. The highest BCUT2D eigenvalue weighted by Gasteiger charge is 2.23. The van der Waals surface area contributed by atoms with Gasteiger partial charge in [-0.3, -0.25) is 4.98 Å². The zero-order chi connectivity index (χ0) is 11.7. The Morgan fingerprint density at radius 3 is 2.94 bits per heavy atom.